The molecule has 19 heavy (non-hydrogen) atoms. The lowest BCUT2D eigenvalue weighted by Gasteiger charge is -2.18. The predicted molar refractivity (Wildman–Crippen MR) is 78.2 cm³/mol. The molecule has 1 fully saturated rings. The smallest absolute Gasteiger partial charge is 0.231 e. The number of nitrogens with two attached hydrogens (primary N) is 1. The van der Waals surface area contributed by atoms with Crippen molar-refractivity contribution in [3.63, 3.8) is 0 Å². The van der Waals surface area contributed by atoms with Crippen LogP contribution in [-0.2, 0) is 0 Å². The van der Waals surface area contributed by atoms with Gasteiger partial charge in [0.1, 0.15) is 0 Å². The molecule has 0 spiro atoms. The van der Waals surface area contributed by atoms with E-state index < -0.39 is 0 Å². The maximum atomic E-state index is 5.76. The second-order valence-electron chi connectivity index (χ2n) is 5.61. The molecule has 6 nitrogen and oxygen atoms in total. The minimum Gasteiger partial charge on any atom is -0.368 e. The van der Waals surface area contributed by atoms with Gasteiger partial charge in [-0.15, -0.1) is 0 Å². The molecule has 6 heteroatoms. The quantitative estimate of drug-likeness (QED) is 0.843. The van der Waals surface area contributed by atoms with Crippen LogP contribution in [0.5, 0.6) is 0 Å². The van der Waals surface area contributed by atoms with Gasteiger partial charge in [-0.2, -0.15) is 15.0 Å². The van der Waals surface area contributed by atoms with Gasteiger partial charge in [-0.3, -0.25) is 0 Å². The fourth-order valence-corrected chi connectivity index (χ4v) is 2.01. The fraction of sp³-hybridized carbons (Fsp3) is 0.769. The number of nitrogens with one attached hydrogen (secondary N) is 1. The van der Waals surface area contributed by atoms with E-state index in [0.717, 1.165) is 19.6 Å². The van der Waals surface area contributed by atoms with Crippen molar-refractivity contribution < 1.29 is 0 Å². The molecule has 3 N–H and O–H groups in total. The van der Waals surface area contributed by atoms with Gasteiger partial charge in [-0.05, 0) is 24.7 Å². The van der Waals surface area contributed by atoms with Crippen LogP contribution in [0.15, 0.2) is 0 Å². The lowest BCUT2D eigenvalue weighted by molar-refractivity contribution is 0.439. The number of rotatable bonds is 5. The molecule has 1 aliphatic rings. The molecule has 1 saturated heterocycles. The summed E-state index contributed by atoms with van der Waals surface area (Å²) in [6.07, 6.45) is 2.39. The topological polar surface area (TPSA) is 80.0 Å². The molecule has 1 atom stereocenters. The molecular weight excluding hydrogens is 240 g/mol. The highest BCUT2D eigenvalue weighted by Gasteiger charge is 2.17. The molecule has 0 bridgehead atoms. The average Bonchev–Trinajstić information content (AvgIpc) is 2.89. The molecule has 0 amide bonds. The fourth-order valence-electron chi connectivity index (χ4n) is 2.01. The Hall–Kier alpha value is -1.59. The van der Waals surface area contributed by atoms with E-state index in [1.807, 2.05) is 0 Å². The van der Waals surface area contributed by atoms with Crippen LogP contribution < -0.4 is 16.0 Å². The highest BCUT2D eigenvalue weighted by Crippen LogP contribution is 2.18. The van der Waals surface area contributed by atoms with Gasteiger partial charge >= 0.3 is 0 Å². The summed E-state index contributed by atoms with van der Waals surface area (Å²) in [6, 6.07) is 0. The first-order valence-electron chi connectivity index (χ1n) is 7.06. The van der Waals surface area contributed by atoms with Crippen LogP contribution in [0.3, 0.4) is 0 Å². The van der Waals surface area contributed by atoms with Gasteiger partial charge in [-0.1, -0.05) is 20.8 Å². The van der Waals surface area contributed by atoms with E-state index in [0.29, 0.717) is 23.7 Å². The van der Waals surface area contributed by atoms with Crippen LogP contribution in [0.1, 0.15) is 33.6 Å². The molecule has 1 aromatic rings. The summed E-state index contributed by atoms with van der Waals surface area (Å²) in [6.45, 7) is 9.49. The Kier molecular flexibility index (Phi) is 4.39. The van der Waals surface area contributed by atoms with Crippen LogP contribution in [0, 0.1) is 11.8 Å². The lowest BCUT2D eigenvalue weighted by Crippen LogP contribution is -2.23. The van der Waals surface area contributed by atoms with Crippen molar-refractivity contribution in [2.24, 2.45) is 11.8 Å². The maximum absolute atomic E-state index is 5.76. The molecule has 2 heterocycles. The highest BCUT2D eigenvalue weighted by molar-refractivity contribution is 5.42. The summed E-state index contributed by atoms with van der Waals surface area (Å²) in [7, 11) is 0. The van der Waals surface area contributed by atoms with Gasteiger partial charge in [0, 0.05) is 19.6 Å². The minimum atomic E-state index is 0.289. The molecule has 0 aliphatic carbocycles. The highest BCUT2D eigenvalue weighted by atomic mass is 15.3. The van der Waals surface area contributed by atoms with Crippen molar-refractivity contribution in [3.8, 4) is 0 Å². The van der Waals surface area contributed by atoms with Crippen molar-refractivity contribution in [3.05, 3.63) is 0 Å². The van der Waals surface area contributed by atoms with Crippen LogP contribution >= 0.6 is 0 Å². The zero-order valence-corrected chi connectivity index (χ0v) is 12.1. The molecule has 1 unspecified atom stereocenters. The molecule has 2 rings (SSSR count). The van der Waals surface area contributed by atoms with Crippen molar-refractivity contribution in [2.45, 2.75) is 33.6 Å². The van der Waals surface area contributed by atoms with E-state index in [1.54, 1.807) is 0 Å². The Morgan fingerprint density at radius 1 is 1.16 bits per heavy atom. The zero-order chi connectivity index (χ0) is 13.8. The van der Waals surface area contributed by atoms with Gasteiger partial charge in [0.2, 0.25) is 17.8 Å². The van der Waals surface area contributed by atoms with Crippen LogP contribution in [0.2, 0.25) is 0 Å². The minimum absolute atomic E-state index is 0.289. The van der Waals surface area contributed by atoms with Gasteiger partial charge in [0.15, 0.2) is 0 Å². The molecule has 106 valence electrons. The van der Waals surface area contributed by atoms with Crippen LogP contribution in [0.25, 0.3) is 0 Å². The second-order valence-corrected chi connectivity index (χ2v) is 5.61. The van der Waals surface area contributed by atoms with E-state index in [9.17, 15) is 0 Å². The zero-order valence-electron chi connectivity index (χ0n) is 12.1. The van der Waals surface area contributed by atoms with E-state index >= 15 is 0 Å². The third-order valence-corrected chi connectivity index (χ3v) is 3.75. The van der Waals surface area contributed by atoms with E-state index in [2.05, 4.69) is 45.9 Å². The van der Waals surface area contributed by atoms with Crippen molar-refractivity contribution in [2.75, 3.05) is 35.6 Å². The largest absolute Gasteiger partial charge is 0.368 e. The number of hydrogen-bond donors (Lipinski definition) is 2. The second kappa shape index (κ2) is 6.04. The first-order chi connectivity index (χ1) is 9.06. The van der Waals surface area contributed by atoms with Gasteiger partial charge < -0.3 is 16.0 Å². The van der Waals surface area contributed by atoms with Gasteiger partial charge in [0.25, 0.3) is 0 Å². The average molecular weight is 264 g/mol. The number of anilines is 3. The summed E-state index contributed by atoms with van der Waals surface area (Å²) < 4.78 is 0. The van der Waals surface area contributed by atoms with Crippen molar-refractivity contribution in [1.29, 1.82) is 0 Å². The summed E-state index contributed by atoms with van der Waals surface area (Å²) in [4.78, 5) is 15.0. The Bertz CT molecular complexity index is 414. The summed E-state index contributed by atoms with van der Waals surface area (Å²) in [5.41, 5.74) is 5.76. The molecule has 0 saturated carbocycles. The summed E-state index contributed by atoms with van der Waals surface area (Å²) in [5.74, 6) is 2.76. The third-order valence-electron chi connectivity index (χ3n) is 3.75. The number of aromatic nitrogens is 3. The lowest BCUT2D eigenvalue weighted by atomic mass is 9.98. The standard InChI is InChI=1S/C13H24N6/c1-9(2)10(3)8-15-12-16-11(14)17-13(18-12)19-6-4-5-7-19/h9-10H,4-8H2,1-3H3,(H3,14,15,16,17,18). The normalized spacial score (nSPS) is 16.9. The SMILES string of the molecule is CC(C)C(C)CNc1nc(N)nc(N2CCCC2)n1. The Morgan fingerprint density at radius 2 is 1.84 bits per heavy atom. The first kappa shape index (κ1) is 13.8. The first-order valence-corrected chi connectivity index (χ1v) is 7.06. The Morgan fingerprint density at radius 3 is 2.47 bits per heavy atom. The number of hydrogen-bond acceptors (Lipinski definition) is 6. The predicted octanol–water partition coefficient (Wildman–Crippen LogP) is 1.76. The molecule has 0 aromatic carbocycles. The van der Waals surface area contributed by atoms with Crippen molar-refractivity contribution >= 4 is 17.8 Å². The summed E-state index contributed by atoms with van der Waals surface area (Å²) in [5, 5.41) is 3.26. The van der Waals surface area contributed by atoms with E-state index in [-0.39, 0.29) is 5.95 Å². The van der Waals surface area contributed by atoms with E-state index in [4.69, 9.17) is 5.73 Å². The Labute approximate surface area is 114 Å². The van der Waals surface area contributed by atoms with Gasteiger partial charge in [0.05, 0.1) is 0 Å². The van der Waals surface area contributed by atoms with Crippen LogP contribution in [-0.4, -0.2) is 34.6 Å². The Balaban J connectivity index is 2.04. The number of nitrogens with zero attached hydrogens (tertiary/aromatic N) is 4. The third kappa shape index (κ3) is 3.68. The molecular formula is C13H24N6. The van der Waals surface area contributed by atoms with E-state index in [1.165, 1.54) is 12.8 Å². The molecule has 0 radical (unpaired) electrons. The molecule has 1 aliphatic heterocycles. The summed E-state index contributed by atoms with van der Waals surface area (Å²) >= 11 is 0. The monoisotopic (exact) mass is 264 g/mol. The maximum Gasteiger partial charge on any atom is 0.231 e. The van der Waals surface area contributed by atoms with Crippen LogP contribution in [0.4, 0.5) is 17.8 Å². The van der Waals surface area contributed by atoms with Crippen molar-refractivity contribution in [1.82, 2.24) is 15.0 Å². The molecule has 1 aromatic heterocycles. The van der Waals surface area contributed by atoms with Gasteiger partial charge in [-0.25, -0.2) is 0 Å². The number of nitrogen functional groups attached to an aromatic ring is 1.